The van der Waals surface area contributed by atoms with Gasteiger partial charge in [-0.25, -0.2) is 4.98 Å². The minimum absolute atomic E-state index is 0.0858. The van der Waals surface area contributed by atoms with Gasteiger partial charge >= 0.3 is 0 Å². The van der Waals surface area contributed by atoms with Gasteiger partial charge in [-0.3, -0.25) is 0 Å². The second-order valence-electron chi connectivity index (χ2n) is 4.26. The van der Waals surface area contributed by atoms with Crippen LogP contribution in [0.1, 0.15) is 17.7 Å². The zero-order valence-electron chi connectivity index (χ0n) is 10.5. The minimum atomic E-state index is 0.0858. The van der Waals surface area contributed by atoms with Gasteiger partial charge in [0.2, 0.25) is 0 Å². The first-order chi connectivity index (χ1) is 8.72. The quantitative estimate of drug-likeness (QED) is 0.349. The Labute approximate surface area is 106 Å². The number of oxime groups is 1. The number of nitrogens with two attached hydrogens (primary N) is 1. The van der Waals surface area contributed by atoms with Crippen LogP contribution in [-0.4, -0.2) is 42.3 Å². The molecule has 0 saturated carbocycles. The van der Waals surface area contributed by atoms with Crippen molar-refractivity contribution in [3.63, 3.8) is 0 Å². The third-order valence-electron chi connectivity index (χ3n) is 2.92. The first-order valence-corrected chi connectivity index (χ1v) is 6.00. The van der Waals surface area contributed by atoms with Crippen LogP contribution in [0.4, 0.5) is 5.82 Å². The largest absolute Gasteiger partial charge is 0.409 e. The van der Waals surface area contributed by atoms with E-state index in [9.17, 15) is 0 Å². The maximum atomic E-state index is 8.83. The van der Waals surface area contributed by atoms with Gasteiger partial charge in [0, 0.05) is 25.4 Å². The summed E-state index contributed by atoms with van der Waals surface area (Å²) in [6, 6.07) is 3.68. The van der Waals surface area contributed by atoms with E-state index in [-0.39, 0.29) is 5.84 Å². The second-order valence-corrected chi connectivity index (χ2v) is 4.26. The van der Waals surface area contributed by atoms with Gasteiger partial charge in [-0.05, 0) is 25.5 Å². The van der Waals surface area contributed by atoms with Gasteiger partial charge in [0.25, 0.3) is 0 Å². The summed E-state index contributed by atoms with van der Waals surface area (Å²) >= 11 is 0. The van der Waals surface area contributed by atoms with Crippen LogP contribution in [0.2, 0.25) is 0 Å². The Balaban J connectivity index is 2.37. The summed E-state index contributed by atoms with van der Waals surface area (Å²) in [7, 11) is 0. The lowest BCUT2D eigenvalue weighted by Crippen LogP contribution is -2.30. The average molecular weight is 250 g/mol. The van der Waals surface area contributed by atoms with E-state index in [0.29, 0.717) is 12.2 Å². The first kappa shape index (κ1) is 12.6. The van der Waals surface area contributed by atoms with Crippen molar-refractivity contribution in [3.8, 4) is 0 Å². The summed E-state index contributed by atoms with van der Waals surface area (Å²) in [5, 5.41) is 11.9. The molecule has 3 N–H and O–H groups in total. The zero-order valence-corrected chi connectivity index (χ0v) is 10.5. The Hall–Kier alpha value is -1.82. The molecule has 0 unspecified atom stereocenters. The molecule has 6 heteroatoms. The predicted molar refractivity (Wildman–Crippen MR) is 69.1 cm³/mol. The topological polar surface area (TPSA) is 84.0 Å². The number of aryl methyl sites for hydroxylation is 1. The highest BCUT2D eigenvalue weighted by molar-refractivity contribution is 6.01. The molecule has 0 spiro atoms. The lowest BCUT2D eigenvalue weighted by atomic mass is 10.2. The van der Waals surface area contributed by atoms with Crippen molar-refractivity contribution < 1.29 is 9.94 Å². The molecule has 1 aromatic heterocycles. The fourth-order valence-corrected chi connectivity index (χ4v) is 2.00. The van der Waals surface area contributed by atoms with E-state index in [1.54, 1.807) is 0 Å². The van der Waals surface area contributed by atoms with E-state index in [1.807, 2.05) is 19.1 Å². The number of rotatable bonds is 2. The maximum Gasteiger partial charge on any atom is 0.173 e. The number of pyridine rings is 1. The van der Waals surface area contributed by atoms with Crippen molar-refractivity contribution in [1.29, 1.82) is 0 Å². The normalized spacial score (nSPS) is 17.6. The van der Waals surface area contributed by atoms with Gasteiger partial charge in [-0.2, -0.15) is 0 Å². The number of anilines is 1. The molecular weight excluding hydrogens is 232 g/mol. The number of aromatic nitrogens is 1. The monoisotopic (exact) mass is 250 g/mol. The molecule has 1 aliphatic rings. The Kier molecular flexibility index (Phi) is 3.99. The predicted octanol–water partition coefficient (Wildman–Crippen LogP) is 0.711. The highest BCUT2D eigenvalue weighted by atomic mass is 16.5. The third kappa shape index (κ3) is 2.70. The summed E-state index contributed by atoms with van der Waals surface area (Å²) in [6.45, 7) is 4.99. The van der Waals surface area contributed by atoms with Crippen molar-refractivity contribution in [3.05, 3.63) is 23.4 Å². The molecule has 2 heterocycles. The molecule has 0 amide bonds. The SMILES string of the molecule is Cc1ccc(/C(N)=N/O)c(N2CCCOCC2)n1. The molecule has 0 aromatic carbocycles. The van der Waals surface area contributed by atoms with E-state index in [0.717, 1.165) is 37.6 Å². The van der Waals surface area contributed by atoms with Gasteiger partial charge in [0.15, 0.2) is 5.84 Å². The molecule has 0 radical (unpaired) electrons. The Morgan fingerprint density at radius 1 is 1.44 bits per heavy atom. The fourth-order valence-electron chi connectivity index (χ4n) is 2.00. The molecule has 1 aromatic rings. The van der Waals surface area contributed by atoms with Crippen LogP contribution >= 0.6 is 0 Å². The van der Waals surface area contributed by atoms with Crippen LogP contribution in [0.15, 0.2) is 17.3 Å². The number of hydrogen-bond donors (Lipinski definition) is 2. The van der Waals surface area contributed by atoms with Crippen molar-refractivity contribution in [2.75, 3.05) is 31.2 Å². The molecule has 0 atom stereocenters. The molecular formula is C12H18N4O2. The van der Waals surface area contributed by atoms with E-state index in [2.05, 4.69) is 15.0 Å². The number of hydrogen-bond acceptors (Lipinski definition) is 5. The van der Waals surface area contributed by atoms with Crippen molar-refractivity contribution in [2.24, 2.45) is 10.9 Å². The summed E-state index contributed by atoms with van der Waals surface area (Å²) in [4.78, 5) is 6.62. The van der Waals surface area contributed by atoms with Gasteiger partial charge in [-0.15, -0.1) is 0 Å². The Bertz CT molecular complexity index is 440. The minimum Gasteiger partial charge on any atom is -0.409 e. The van der Waals surface area contributed by atoms with Crippen LogP contribution in [0.25, 0.3) is 0 Å². The van der Waals surface area contributed by atoms with Gasteiger partial charge in [-0.1, -0.05) is 5.16 Å². The van der Waals surface area contributed by atoms with Crippen molar-refractivity contribution >= 4 is 11.7 Å². The summed E-state index contributed by atoms with van der Waals surface area (Å²) < 4.78 is 5.42. The lowest BCUT2D eigenvalue weighted by Gasteiger charge is -2.23. The fraction of sp³-hybridized carbons (Fsp3) is 0.500. The summed E-state index contributed by atoms with van der Waals surface area (Å²) in [6.07, 6.45) is 0.950. The van der Waals surface area contributed by atoms with Crippen molar-refractivity contribution in [2.45, 2.75) is 13.3 Å². The van der Waals surface area contributed by atoms with E-state index in [1.165, 1.54) is 0 Å². The molecule has 1 fully saturated rings. The molecule has 2 rings (SSSR count). The number of amidine groups is 1. The third-order valence-corrected chi connectivity index (χ3v) is 2.92. The molecule has 1 saturated heterocycles. The summed E-state index contributed by atoms with van der Waals surface area (Å²) in [5.74, 6) is 0.846. The highest BCUT2D eigenvalue weighted by Gasteiger charge is 2.17. The molecule has 0 aliphatic carbocycles. The van der Waals surface area contributed by atoms with Crippen LogP contribution < -0.4 is 10.6 Å². The van der Waals surface area contributed by atoms with E-state index >= 15 is 0 Å². The van der Waals surface area contributed by atoms with Crippen LogP contribution in [0.3, 0.4) is 0 Å². The Morgan fingerprint density at radius 2 is 2.28 bits per heavy atom. The van der Waals surface area contributed by atoms with Crippen LogP contribution in [-0.2, 0) is 4.74 Å². The maximum absolute atomic E-state index is 8.83. The summed E-state index contributed by atoms with van der Waals surface area (Å²) in [5.41, 5.74) is 7.26. The van der Waals surface area contributed by atoms with Crippen molar-refractivity contribution in [1.82, 2.24) is 4.98 Å². The van der Waals surface area contributed by atoms with Gasteiger partial charge < -0.3 is 20.6 Å². The van der Waals surface area contributed by atoms with E-state index < -0.39 is 0 Å². The molecule has 1 aliphatic heterocycles. The van der Waals surface area contributed by atoms with Crippen LogP contribution in [0, 0.1) is 6.92 Å². The molecule has 18 heavy (non-hydrogen) atoms. The Morgan fingerprint density at radius 3 is 3.06 bits per heavy atom. The number of nitrogens with zero attached hydrogens (tertiary/aromatic N) is 3. The zero-order chi connectivity index (χ0) is 13.0. The smallest absolute Gasteiger partial charge is 0.173 e. The van der Waals surface area contributed by atoms with E-state index in [4.69, 9.17) is 15.7 Å². The first-order valence-electron chi connectivity index (χ1n) is 6.00. The molecule has 98 valence electrons. The second kappa shape index (κ2) is 5.68. The lowest BCUT2D eigenvalue weighted by molar-refractivity contribution is 0.152. The molecule has 6 nitrogen and oxygen atoms in total. The number of ether oxygens (including phenoxy) is 1. The van der Waals surface area contributed by atoms with Gasteiger partial charge in [0.1, 0.15) is 5.82 Å². The standard InChI is InChI=1S/C12H18N4O2/c1-9-3-4-10(11(13)15-17)12(14-9)16-5-2-7-18-8-6-16/h3-4,17H,2,5-8H2,1H3,(H2,13,15). The average Bonchev–Trinajstić information content (AvgIpc) is 2.66. The van der Waals surface area contributed by atoms with Gasteiger partial charge in [0.05, 0.1) is 12.2 Å². The van der Waals surface area contributed by atoms with Crippen LogP contribution in [0.5, 0.6) is 0 Å². The molecule has 0 bridgehead atoms. The highest BCUT2D eigenvalue weighted by Crippen LogP contribution is 2.19.